The molecule has 3 saturated carbocycles. The normalized spacial score (nSPS) is 55.9. The van der Waals surface area contributed by atoms with Gasteiger partial charge in [-0.15, -0.1) is 5.54 Å². The summed E-state index contributed by atoms with van der Waals surface area (Å²) >= 11 is 0. The van der Waals surface area contributed by atoms with Crippen molar-refractivity contribution in [2.75, 3.05) is 7.05 Å². The molecule has 0 N–H and O–H groups in total. The summed E-state index contributed by atoms with van der Waals surface area (Å²) in [6.45, 7) is 9.96. The molecule has 6 atom stereocenters. The molecular weight excluding hydrogens is 206 g/mol. The summed E-state index contributed by atoms with van der Waals surface area (Å²) in [6.07, 6.45) is 5.63. The summed E-state index contributed by atoms with van der Waals surface area (Å²) in [6, 6.07) is 0. The molecule has 3 rings (SSSR count). The molecule has 0 heterocycles. The first-order valence-electron chi connectivity index (χ1n) is 7.56. The van der Waals surface area contributed by atoms with Gasteiger partial charge in [0.1, 0.15) is 0 Å². The maximum atomic E-state index is 4.98. The molecule has 6 unspecified atom stereocenters. The van der Waals surface area contributed by atoms with Crippen LogP contribution in [0, 0.1) is 35.0 Å². The molecule has 0 amide bonds. The molecule has 0 aromatic carbocycles. The average molecular weight is 234 g/mol. The molecule has 1 nitrogen and oxygen atoms in total. The smallest absolute Gasteiger partial charge is 0.0289 e. The van der Waals surface area contributed by atoms with Crippen LogP contribution >= 0.6 is 0 Å². The SMILES string of the molecule is C[N-]C12CCC(C)C1C1C(CCC2C)C1(C)C. The third kappa shape index (κ3) is 1.35. The van der Waals surface area contributed by atoms with E-state index in [2.05, 4.69) is 34.7 Å². The van der Waals surface area contributed by atoms with Crippen LogP contribution in [0.25, 0.3) is 5.32 Å². The fraction of sp³-hybridized carbons (Fsp3) is 1.00. The molecule has 0 aromatic heterocycles. The second-order valence-corrected chi connectivity index (χ2v) is 7.69. The summed E-state index contributed by atoms with van der Waals surface area (Å²) < 4.78 is 0. The van der Waals surface area contributed by atoms with Crippen LogP contribution in [0.1, 0.15) is 53.4 Å². The Hall–Kier alpha value is -0.0400. The molecule has 3 aliphatic rings. The number of hydrogen-bond donors (Lipinski definition) is 0. The Morgan fingerprint density at radius 3 is 2.35 bits per heavy atom. The zero-order valence-electron chi connectivity index (χ0n) is 12.2. The van der Waals surface area contributed by atoms with E-state index in [9.17, 15) is 0 Å². The zero-order valence-corrected chi connectivity index (χ0v) is 12.2. The van der Waals surface area contributed by atoms with Crippen molar-refractivity contribution in [3.05, 3.63) is 5.32 Å². The Bertz CT molecular complexity index is 321. The van der Waals surface area contributed by atoms with Crippen LogP contribution in [0.2, 0.25) is 0 Å². The van der Waals surface area contributed by atoms with Crippen molar-refractivity contribution in [3.63, 3.8) is 0 Å². The standard InChI is InChI=1S/C16H28N/c1-10-8-9-16(17-5)11(2)6-7-12-14(13(10)16)15(12,3)4/h10-14H,6-9H2,1-5H3/q-1. The molecule has 3 fully saturated rings. The minimum atomic E-state index is 0.340. The molecule has 0 aliphatic heterocycles. The molecular formula is C16H28N-. The summed E-state index contributed by atoms with van der Waals surface area (Å²) in [7, 11) is 2.09. The summed E-state index contributed by atoms with van der Waals surface area (Å²) in [5.74, 6) is 4.55. The van der Waals surface area contributed by atoms with Gasteiger partial charge in [-0.2, -0.15) is 7.05 Å². The number of nitrogens with zero attached hydrogens (tertiary/aromatic N) is 1. The highest BCUT2D eigenvalue weighted by Crippen LogP contribution is 2.72. The van der Waals surface area contributed by atoms with Crippen LogP contribution in [0.4, 0.5) is 0 Å². The zero-order chi connectivity index (χ0) is 12.4. The van der Waals surface area contributed by atoms with E-state index in [1.54, 1.807) is 0 Å². The van der Waals surface area contributed by atoms with Gasteiger partial charge >= 0.3 is 0 Å². The number of rotatable bonds is 1. The minimum absolute atomic E-state index is 0.340. The Balaban J connectivity index is 2.00. The predicted octanol–water partition coefficient (Wildman–Crippen LogP) is 4.48. The van der Waals surface area contributed by atoms with E-state index in [1.807, 2.05) is 0 Å². The maximum absolute atomic E-state index is 4.98. The fourth-order valence-corrected chi connectivity index (χ4v) is 5.75. The Morgan fingerprint density at radius 2 is 1.71 bits per heavy atom. The van der Waals surface area contributed by atoms with E-state index >= 15 is 0 Å². The fourth-order valence-electron chi connectivity index (χ4n) is 5.75. The van der Waals surface area contributed by atoms with Gasteiger partial charge in [0.25, 0.3) is 0 Å². The van der Waals surface area contributed by atoms with Gasteiger partial charge in [0, 0.05) is 0 Å². The van der Waals surface area contributed by atoms with Crippen LogP contribution in [-0.4, -0.2) is 12.6 Å². The van der Waals surface area contributed by atoms with Crippen molar-refractivity contribution in [1.82, 2.24) is 0 Å². The van der Waals surface area contributed by atoms with E-state index < -0.39 is 0 Å². The third-order valence-electron chi connectivity index (χ3n) is 6.90. The molecule has 0 bridgehead atoms. The van der Waals surface area contributed by atoms with Crippen LogP contribution in [0.15, 0.2) is 0 Å². The minimum Gasteiger partial charge on any atom is -0.659 e. The second kappa shape index (κ2) is 3.50. The quantitative estimate of drug-likeness (QED) is 0.635. The Kier molecular flexibility index (Phi) is 2.47. The van der Waals surface area contributed by atoms with Gasteiger partial charge < -0.3 is 5.32 Å². The Labute approximate surface area is 107 Å². The van der Waals surface area contributed by atoms with Crippen molar-refractivity contribution >= 4 is 0 Å². The van der Waals surface area contributed by atoms with E-state index in [-0.39, 0.29) is 0 Å². The van der Waals surface area contributed by atoms with Gasteiger partial charge in [-0.3, -0.25) is 0 Å². The Morgan fingerprint density at radius 1 is 1.00 bits per heavy atom. The monoisotopic (exact) mass is 234 g/mol. The summed E-state index contributed by atoms with van der Waals surface area (Å²) in [5, 5.41) is 4.98. The maximum Gasteiger partial charge on any atom is -0.0289 e. The lowest BCUT2D eigenvalue weighted by Crippen LogP contribution is -2.41. The summed E-state index contributed by atoms with van der Waals surface area (Å²) in [4.78, 5) is 0. The molecule has 1 heteroatoms. The van der Waals surface area contributed by atoms with Gasteiger partial charge in [-0.1, -0.05) is 52.9 Å². The predicted molar refractivity (Wildman–Crippen MR) is 73.1 cm³/mol. The van der Waals surface area contributed by atoms with Crippen LogP contribution in [-0.2, 0) is 0 Å². The van der Waals surface area contributed by atoms with E-state index in [0.29, 0.717) is 11.0 Å². The lowest BCUT2D eigenvalue weighted by molar-refractivity contribution is 0.189. The largest absolute Gasteiger partial charge is 0.659 e. The number of fused-ring (bicyclic) bond motifs is 3. The van der Waals surface area contributed by atoms with E-state index in [4.69, 9.17) is 5.32 Å². The van der Waals surface area contributed by atoms with Crippen molar-refractivity contribution in [1.29, 1.82) is 0 Å². The molecule has 98 valence electrons. The van der Waals surface area contributed by atoms with Gasteiger partial charge in [0.15, 0.2) is 0 Å². The van der Waals surface area contributed by atoms with Crippen LogP contribution in [0.3, 0.4) is 0 Å². The first kappa shape index (κ1) is 12.0. The molecule has 17 heavy (non-hydrogen) atoms. The van der Waals surface area contributed by atoms with Gasteiger partial charge in [0.05, 0.1) is 0 Å². The van der Waals surface area contributed by atoms with Crippen LogP contribution < -0.4 is 0 Å². The molecule has 3 aliphatic carbocycles. The molecule has 0 aromatic rings. The third-order valence-corrected chi connectivity index (χ3v) is 6.90. The van der Waals surface area contributed by atoms with Crippen LogP contribution in [0.5, 0.6) is 0 Å². The topological polar surface area (TPSA) is 14.1 Å². The molecule has 0 radical (unpaired) electrons. The van der Waals surface area contributed by atoms with Gasteiger partial charge in [-0.25, -0.2) is 0 Å². The second-order valence-electron chi connectivity index (χ2n) is 7.69. The highest BCUT2D eigenvalue weighted by atomic mass is 15.0. The van der Waals surface area contributed by atoms with Crippen molar-refractivity contribution in [3.8, 4) is 0 Å². The number of hydrogen-bond acceptors (Lipinski definition) is 0. The van der Waals surface area contributed by atoms with E-state index in [0.717, 1.165) is 29.6 Å². The van der Waals surface area contributed by atoms with Gasteiger partial charge in [0.2, 0.25) is 0 Å². The highest BCUT2D eigenvalue weighted by Gasteiger charge is 2.66. The average Bonchev–Trinajstić information content (AvgIpc) is 2.69. The van der Waals surface area contributed by atoms with Crippen molar-refractivity contribution < 1.29 is 0 Å². The highest BCUT2D eigenvalue weighted by molar-refractivity contribution is 5.25. The van der Waals surface area contributed by atoms with Crippen molar-refractivity contribution in [2.24, 2.45) is 35.0 Å². The van der Waals surface area contributed by atoms with Gasteiger partial charge in [-0.05, 0) is 35.5 Å². The lowest BCUT2D eigenvalue weighted by Gasteiger charge is -2.53. The first-order valence-corrected chi connectivity index (χ1v) is 7.56. The summed E-state index contributed by atoms with van der Waals surface area (Å²) in [5.41, 5.74) is 0.950. The van der Waals surface area contributed by atoms with E-state index in [1.165, 1.54) is 25.7 Å². The first-order chi connectivity index (χ1) is 7.95. The molecule has 0 saturated heterocycles. The lowest BCUT2D eigenvalue weighted by atomic mass is 9.71. The molecule has 0 spiro atoms. The van der Waals surface area contributed by atoms with Crippen molar-refractivity contribution in [2.45, 2.75) is 58.9 Å².